The largest absolute Gasteiger partial charge is 0.467 e. The fourth-order valence-electron chi connectivity index (χ4n) is 15.4. The van der Waals surface area contributed by atoms with Crippen molar-refractivity contribution in [1.82, 2.24) is 59.8 Å². The van der Waals surface area contributed by atoms with Gasteiger partial charge in [0.25, 0.3) is 0 Å². The zero-order chi connectivity index (χ0) is 91.0. The number of methoxy groups -OCH3 is 1. The normalized spacial score (nSPS) is 22.1. The maximum atomic E-state index is 14.2. The highest BCUT2D eigenvalue weighted by molar-refractivity contribution is 5.84. The minimum atomic E-state index is -5.05. The molecule has 0 bridgehead atoms. The van der Waals surface area contributed by atoms with E-state index in [9.17, 15) is 98.2 Å². The van der Waals surface area contributed by atoms with E-state index in [0.29, 0.717) is 60.4 Å². The molecule has 6 heterocycles. The van der Waals surface area contributed by atoms with Gasteiger partial charge in [-0.05, 0) is 153 Å². The number of halogens is 18. The number of aromatic nitrogens is 9. The van der Waals surface area contributed by atoms with Crippen LogP contribution in [0.3, 0.4) is 0 Å². The smallest absolute Gasteiger partial charge is 0.416 e. The second-order valence-electron chi connectivity index (χ2n) is 30.4. The van der Waals surface area contributed by atoms with Crippen LogP contribution >= 0.6 is 0 Å². The Morgan fingerprint density at radius 2 is 0.680 bits per heavy atom. The Hall–Kier alpha value is -11.8. The van der Waals surface area contributed by atoms with E-state index >= 15 is 0 Å². The van der Waals surface area contributed by atoms with Crippen LogP contribution in [0, 0.1) is 0 Å². The number of primary amides is 2. The molecule has 41 heteroatoms. The molecule has 125 heavy (non-hydrogen) atoms. The van der Waals surface area contributed by atoms with E-state index in [1.165, 1.54) is 84.4 Å². The molecule has 3 aromatic heterocycles. The SMILES string of the molecule is COC(=O)[C@@]1(n2cnnc2)CC[C@@](CO[C@H](C)c2cc(C(F)(F)F)cc(C(F)(F)F)c2)(c2ccccc2)N(C(=O)OCc2ccccc2)C1.C[C@@H](OC[C@@]1(c2ccccc2)CC[C@@](C(N)=O)(n2cnnc2)CN1)c1cc(C(F)(F)F)cc(C(F)(F)F)c1.C[C@@H](OC[C@@]1(c2ccccc2)CC[C@@](C(N)=O)(n2cnnc2)CN1)c1cc(C(F)(F)F)cc(C(F)(F)F)c1. The van der Waals surface area contributed by atoms with Crippen LogP contribution in [0.2, 0.25) is 0 Å². The summed E-state index contributed by atoms with van der Waals surface area (Å²) in [5.74, 6) is -1.92. The number of ether oxygens (including phenoxy) is 5. The van der Waals surface area contributed by atoms with Gasteiger partial charge in [-0.15, -0.1) is 30.6 Å². The lowest BCUT2D eigenvalue weighted by Crippen LogP contribution is -2.64. The number of nitrogens with one attached hydrogen (secondary N) is 2. The molecule has 0 aliphatic carbocycles. The minimum absolute atomic E-state index is 0.0217. The van der Waals surface area contributed by atoms with Crippen molar-refractivity contribution in [3.8, 4) is 0 Å². The first-order valence-electron chi connectivity index (χ1n) is 38.3. The Labute approximate surface area is 701 Å². The number of rotatable bonds is 23. The predicted octanol–water partition coefficient (Wildman–Crippen LogP) is 16.4. The van der Waals surface area contributed by atoms with Crippen molar-refractivity contribution in [2.45, 2.75) is 155 Å². The summed E-state index contributed by atoms with van der Waals surface area (Å²) in [6.45, 7) is 3.16. The molecular weight excluding hydrogens is 1690 g/mol. The molecule has 0 saturated carbocycles. The number of nitrogens with zero attached hydrogens (tertiary/aromatic N) is 10. The highest BCUT2D eigenvalue weighted by Crippen LogP contribution is 2.49. The van der Waals surface area contributed by atoms with E-state index in [-0.39, 0.29) is 100 Å². The molecule has 0 spiro atoms. The predicted molar refractivity (Wildman–Crippen MR) is 408 cm³/mol. The van der Waals surface area contributed by atoms with Crippen molar-refractivity contribution < 1.29 is 122 Å². The zero-order valence-electron chi connectivity index (χ0n) is 66.7. The van der Waals surface area contributed by atoms with Crippen molar-refractivity contribution in [2.24, 2.45) is 11.5 Å². The van der Waals surface area contributed by atoms with Crippen LogP contribution in [0.5, 0.6) is 0 Å². The number of hydrogen-bond donors (Lipinski definition) is 4. The molecule has 6 N–H and O–H groups in total. The monoisotopic (exact) mass is 1770 g/mol. The highest BCUT2D eigenvalue weighted by atomic mass is 19.4. The number of amides is 3. The average Bonchev–Trinajstić information content (AvgIpc) is 1.36. The molecule has 23 nitrogen and oxygen atoms in total. The summed E-state index contributed by atoms with van der Waals surface area (Å²) in [7, 11) is 1.20. The number of carbonyl (C=O) groups excluding carboxylic acids is 4. The van der Waals surface area contributed by atoms with Crippen LogP contribution in [0.4, 0.5) is 83.8 Å². The van der Waals surface area contributed by atoms with Gasteiger partial charge in [-0.2, -0.15) is 79.0 Å². The maximum absolute atomic E-state index is 14.2. The lowest BCUT2D eigenvalue weighted by atomic mass is 9.74. The topological polar surface area (TPSA) is 286 Å². The van der Waals surface area contributed by atoms with Crippen molar-refractivity contribution in [1.29, 1.82) is 0 Å². The molecular formula is C84H82F18N14O9. The lowest BCUT2D eigenvalue weighted by molar-refractivity contribution is -0.160. The number of carbonyl (C=O) groups is 4. The molecule has 3 amide bonds. The van der Waals surface area contributed by atoms with Gasteiger partial charge in [-0.1, -0.05) is 121 Å². The van der Waals surface area contributed by atoms with E-state index in [0.717, 1.165) is 11.1 Å². The number of likely N-dealkylation sites (tertiary alicyclic amines) is 1. The maximum Gasteiger partial charge on any atom is 0.416 e. The van der Waals surface area contributed by atoms with Crippen molar-refractivity contribution in [3.63, 3.8) is 0 Å². The second-order valence-corrected chi connectivity index (χ2v) is 30.4. The Morgan fingerprint density at radius 1 is 0.392 bits per heavy atom. The zero-order valence-corrected chi connectivity index (χ0v) is 66.7. The van der Waals surface area contributed by atoms with Crippen LogP contribution in [0.25, 0.3) is 0 Å². The van der Waals surface area contributed by atoms with Crippen LogP contribution in [0.1, 0.15) is 150 Å². The third-order valence-corrected chi connectivity index (χ3v) is 22.8. The molecule has 10 aromatic rings. The summed E-state index contributed by atoms with van der Waals surface area (Å²) in [5.41, 5.74) is -2.34. The number of nitrogens with two attached hydrogens (primary N) is 2. The molecule has 7 aromatic carbocycles. The first kappa shape index (κ1) is 93.9. The van der Waals surface area contributed by atoms with Gasteiger partial charge in [0.15, 0.2) is 5.54 Å². The molecule has 0 unspecified atom stereocenters. The van der Waals surface area contributed by atoms with Crippen LogP contribution in [-0.2, 0) is 115 Å². The molecule has 3 aliphatic rings. The lowest BCUT2D eigenvalue weighted by Gasteiger charge is -2.52. The number of hydrogen-bond acceptors (Lipinski definition) is 17. The Morgan fingerprint density at radius 3 is 0.968 bits per heavy atom. The number of esters is 1. The highest BCUT2D eigenvalue weighted by Gasteiger charge is 2.58. The van der Waals surface area contributed by atoms with Gasteiger partial charge in [0.1, 0.15) is 55.6 Å². The van der Waals surface area contributed by atoms with Gasteiger partial charge in [0.2, 0.25) is 11.8 Å². The fourth-order valence-corrected chi connectivity index (χ4v) is 15.4. The molecule has 668 valence electrons. The number of benzene rings is 7. The summed E-state index contributed by atoms with van der Waals surface area (Å²) in [6, 6.07) is 39.5. The van der Waals surface area contributed by atoms with Crippen molar-refractivity contribution in [2.75, 3.05) is 46.6 Å². The number of piperidine rings is 3. The van der Waals surface area contributed by atoms with Gasteiger partial charge in [-0.25, -0.2) is 9.59 Å². The fraction of sp³-hybridized carbons (Fsp3) is 0.381. The van der Waals surface area contributed by atoms with Crippen LogP contribution < -0.4 is 22.1 Å². The standard InChI is InChI=1S/C34H32F6N4O5.2C25H25F6N5O2/c1-23(25-15-27(33(35,36)37)17-28(16-25)34(38,39)40)49-20-32(26-11-7-4-8-12-26)14-13-31(29(45)47-2,43-21-41-42-22-43)19-44(32)30(46)48-18-24-9-5-3-6-10-24;2*1-16(17-9-19(24(26,27)28)11-20(10-17)25(29,30)31)38-13-22(18-5-3-2-4-6-18)7-8-23(12-33-22,21(32)37)36-14-34-35-15-36/h3-12,15-17,21-23H,13-14,18-20H2,1-2H3;2*2-6,9-11,14-16,33H,7-8,12-13H2,1H3,(H2,32,37)/t23-,31-,32-;2*16-,22-,23-/m111/s1. The number of alkyl halides is 18. The van der Waals surface area contributed by atoms with E-state index in [1.807, 2.05) is 24.3 Å². The molecule has 3 aliphatic heterocycles. The summed E-state index contributed by atoms with van der Waals surface area (Å²) >= 11 is 0. The van der Waals surface area contributed by atoms with Gasteiger partial charge < -0.3 is 59.5 Å². The van der Waals surface area contributed by atoms with E-state index in [2.05, 4.69) is 41.2 Å². The Bertz CT molecular complexity index is 4980. The van der Waals surface area contributed by atoms with Crippen molar-refractivity contribution in [3.05, 3.63) is 286 Å². The third kappa shape index (κ3) is 21.1. The minimum Gasteiger partial charge on any atom is -0.467 e. The molecule has 0 radical (unpaired) electrons. The quantitative estimate of drug-likeness (QED) is 0.0342. The summed E-state index contributed by atoms with van der Waals surface area (Å²) < 4.78 is 276. The molecule has 13 rings (SSSR count). The summed E-state index contributed by atoms with van der Waals surface area (Å²) in [4.78, 5) is 53.9. The first-order chi connectivity index (χ1) is 58.7. The van der Waals surface area contributed by atoms with Crippen LogP contribution in [0.15, 0.2) is 214 Å². The van der Waals surface area contributed by atoms with Gasteiger partial charge in [0, 0.05) is 13.1 Å². The van der Waals surface area contributed by atoms with Gasteiger partial charge >= 0.3 is 49.1 Å². The van der Waals surface area contributed by atoms with Gasteiger partial charge in [0.05, 0.1) is 102 Å². The van der Waals surface area contributed by atoms with E-state index in [4.69, 9.17) is 35.2 Å². The summed E-state index contributed by atoms with van der Waals surface area (Å²) in [6.07, 6.45) is -25.0. The van der Waals surface area contributed by atoms with Crippen LogP contribution in [-0.4, -0.2) is 120 Å². The molecule has 3 saturated heterocycles. The van der Waals surface area contributed by atoms with Crippen molar-refractivity contribution >= 4 is 23.9 Å². The summed E-state index contributed by atoms with van der Waals surface area (Å²) in [5, 5.41) is 29.3. The average molecular weight is 1770 g/mol. The second kappa shape index (κ2) is 37.2. The Kier molecular flexibility index (Phi) is 27.9. The molecule has 9 atom stereocenters. The third-order valence-electron chi connectivity index (χ3n) is 22.8. The molecule has 3 fully saturated rings. The van der Waals surface area contributed by atoms with E-state index < -0.39 is 152 Å². The van der Waals surface area contributed by atoms with E-state index in [1.54, 1.807) is 97.1 Å². The Balaban J connectivity index is 0.000000184. The first-order valence-corrected chi connectivity index (χ1v) is 38.3. The van der Waals surface area contributed by atoms with Gasteiger partial charge in [-0.3, -0.25) is 14.5 Å².